The third-order valence-electron chi connectivity index (χ3n) is 3.57. The summed E-state index contributed by atoms with van der Waals surface area (Å²) in [6.07, 6.45) is 0. The van der Waals surface area contributed by atoms with Crippen molar-refractivity contribution in [1.82, 2.24) is 5.32 Å². The Morgan fingerprint density at radius 2 is 1.96 bits per heavy atom. The summed E-state index contributed by atoms with van der Waals surface area (Å²) in [5.41, 5.74) is -0.985. The van der Waals surface area contributed by atoms with Gasteiger partial charge in [0.15, 0.2) is 6.61 Å². The van der Waals surface area contributed by atoms with Crippen molar-refractivity contribution < 1.29 is 19.1 Å². The second kappa shape index (κ2) is 9.18. The lowest BCUT2D eigenvalue weighted by Crippen LogP contribution is -2.50. The van der Waals surface area contributed by atoms with Gasteiger partial charge in [-0.15, -0.1) is 11.8 Å². The Morgan fingerprint density at radius 1 is 1.33 bits per heavy atom. The van der Waals surface area contributed by atoms with E-state index < -0.39 is 24.0 Å². The number of nitrogens with zero attached hydrogens (tertiary/aromatic N) is 1. The van der Waals surface area contributed by atoms with Crippen LogP contribution in [-0.4, -0.2) is 36.9 Å². The van der Waals surface area contributed by atoms with Gasteiger partial charge in [0.05, 0.1) is 18.9 Å². The summed E-state index contributed by atoms with van der Waals surface area (Å²) >= 11 is 1.31. The molecular formula is C17H22N2O4S. The van der Waals surface area contributed by atoms with Crippen molar-refractivity contribution in [2.45, 2.75) is 31.2 Å². The fraction of sp³-hybridized carbons (Fsp3) is 0.471. The molecule has 6 nitrogen and oxygen atoms in total. The number of methoxy groups -OCH3 is 1. The molecule has 1 amide bonds. The van der Waals surface area contributed by atoms with E-state index in [-0.39, 0.29) is 11.7 Å². The van der Waals surface area contributed by atoms with Crippen LogP contribution in [0.25, 0.3) is 0 Å². The second-order valence-electron chi connectivity index (χ2n) is 5.64. The molecule has 0 aliphatic heterocycles. The monoisotopic (exact) mass is 350 g/mol. The number of thioether (sulfide) groups is 1. The van der Waals surface area contributed by atoms with Crippen LogP contribution < -0.4 is 10.1 Å². The van der Waals surface area contributed by atoms with E-state index in [1.54, 1.807) is 26.2 Å². The van der Waals surface area contributed by atoms with Crippen LogP contribution in [0.1, 0.15) is 20.8 Å². The van der Waals surface area contributed by atoms with Gasteiger partial charge < -0.3 is 14.8 Å². The molecule has 1 N–H and O–H groups in total. The number of nitrogens with one attached hydrogen (secondary N) is 1. The third kappa shape index (κ3) is 6.13. The highest BCUT2D eigenvalue weighted by Gasteiger charge is 2.30. The maximum Gasteiger partial charge on any atom is 0.316 e. The second-order valence-corrected chi connectivity index (χ2v) is 6.69. The Kier molecular flexibility index (Phi) is 7.59. The Morgan fingerprint density at radius 3 is 2.46 bits per heavy atom. The Labute approximate surface area is 146 Å². The number of carbonyl (C=O) groups is 2. The molecule has 1 aromatic carbocycles. The van der Waals surface area contributed by atoms with Gasteiger partial charge in [-0.05, 0) is 37.1 Å². The first-order chi connectivity index (χ1) is 11.3. The molecule has 0 aliphatic carbocycles. The quantitative estimate of drug-likeness (QED) is 0.572. The molecule has 0 saturated heterocycles. The molecule has 1 rings (SSSR count). The van der Waals surface area contributed by atoms with Crippen LogP contribution in [0.15, 0.2) is 29.2 Å². The van der Waals surface area contributed by atoms with E-state index in [2.05, 4.69) is 11.4 Å². The fourth-order valence-electron chi connectivity index (χ4n) is 1.63. The topological polar surface area (TPSA) is 88.4 Å². The van der Waals surface area contributed by atoms with Gasteiger partial charge in [0.25, 0.3) is 5.91 Å². The van der Waals surface area contributed by atoms with E-state index in [4.69, 9.17) is 14.7 Å². The standard InChI is InChI=1S/C17H22N2O4S/c1-12(2)17(3,11-18)19-15(20)9-23-16(21)10-24-14-7-5-13(22-4)6-8-14/h5-8,12H,9-10H2,1-4H3,(H,19,20). The van der Waals surface area contributed by atoms with Crippen LogP contribution in [0.4, 0.5) is 0 Å². The first-order valence-corrected chi connectivity index (χ1v) is 8.44. The average molecular weight is 350 g/mol. The van der Waals surface area contributed by atoms with E-state index in [9.17, 15) is 9.59 Å². The summed E-state index contributed by atoms with van der Waals surface area (Å²) in [5.74, 6) is -0.207. The number of benzene rings is 1. The van der Waals surface area contributed by atoms with Crippen LogP contribution in [0.5, 0.6) is 5.75 Å². The molecule has 0 fully saturated rings. The first-order valence-electron chi connectivity index (χ1n) is 7.45. The fourth-order valence-corrected chi connectivity index (χ4v) is 2.33. The molecule has 0 heterocycles. The van der Waals surface area contributed by atoms with Crippen LogP contribution in [0, 0.1) is 17.2 Å². The lowest BCUT2D eigenvalue weighted by molar-refractivity contribution is -0.146. The molecule has 1 unspecified atom stereocenters. The summed E-state index contributed by atoms with van der Waals surface area (Å²) in [6.45, 7) is 4.91. The summed E-state index contributed by atoms with van der Waals surface area (Å²) in [6, 6.07) is 9.34. The van der Waals surface area contributed by atoms with Gasteiger partial charge in [0.2, 0.25) is 0 Å². The lowest BCUT2D eigenvalue weighted by atomic mass is 9.90. The van der Waals surface area contributed by atoms with Gasteiger partial charge in [0, 0.05) is 4.90 Å². The summed E-state index contributed by atoms with van der Waals surface area (Å²) in [7, 11) is 1.58. The van der Waals surface area contributed by atoms with E-state index in [0.29, 0.717) is 0 Å². The van der Waals surface area contributed by atoms with Crippen LogP contribution in [0.3, 0.4) is 0 Å². The number of amides is 1. The van der Waals surface area contributed by atoms with Gasteiger partial charge >= 0.3 is 5.97 Å². The predicted octanol–water partition coefficient (Wildman–Crippen LogP) is 2.38. The SMILES string of the molecule is COc1ccc(SCC(=O)OCC(=O)NC(C)(C#N)C(C)C)cc1. The number of hydrogen-bond acceptors (Lipinski definition) is 6. The minimum Gasteiger partial charge on any atom is -0.497 e. The Balaban J connectivity index is 2.37. The van der Waals surface area contributed by atoms with Crippen LogP contribution in [-0.2, 0) is 14.3 Å². The Bertz CT molecular complexity index is 610. The van der Waals surface area contributed by atoms with Gasteiger partial charge in [0.1, 0.15) is 11.3 Å². The largest absolute Gasteiger partial charge is 0.497 e. The summed E-state index contributed by atoms with van der Waals surface area (Å²) < 4.78 is 9.99. The minimum absolute atomic E-state index is 0.0622. The average Bonchev–Trinajstić information content (AvgIpc) is 2.58. The van der Waals surface area contributed by atoms with Crippen molar-refractivity contribution in [2.24, 2.45) is 5.92 Å². The molecule has 0 bridgehead atoms. The highest BCUT2D eigenvalue weighted by Crippen LogP contribution is 2.21. The van der Waals surface area contributed by atoms with Gasteiger partial charge in [-0.25, -0.2) is 0 Å². The smallest absolute Gasteiger partial charge is 0.316 e. The normalized spacial score (nSPS) is 12.8. The maximum absolute atomic E-state index is 11.8. The number of rotatable bonds is 8. The minimum atomic E-state index is -0.985. The molecule has 0 spiro atoms. The number of carbonyl (C=O) groups excluding carboxylic acids is 2. The van der Waals surface area contributed by atoms with E-state index in [1.807, 2.05) is 26.0 Å². The third-order valence-corrected chi connectivity index (χ3v) is 4.55. The molecule has 7 heteroatoms. The van der Waals surface area contributed by atoms with Gasteiger partial charge in [-0.1, -0.05) is 13.8 Å². The number of hydrogen-bond donors (Lipinski definition) is 1. The predicted molar refractivity (Wildman–Crippen MR) is 91.7 cm³/mol. The molecule has 0 aromatic heterocycles. The Hall–Kier alpha value is -2.20. The molecule has 0 saturated carbocycles. The van der Waals surface area contributed by atoms with Crippen molar-refractivity contribution in [3.05, 3.63) is 24.3 Å². The lowest BCUT2D eigenvalue weighted by Gasteiger charge is -2.27. The maximum atomic E-state index is 11.8. The molecule has 1 atom stereocenters. The molecule has 1 aromatic rings. The zero-order valence-electron chi connectivity index (χ0n) is 14.3. The van der Waals surface area contributed by atoms with Crippen molar-refractivity contribution in [1.29, 1.82) is 5.26 Å². The number of ether oxygens (including phenoxy) is 2. The van der Waals surface area contributed by atoms with Crippen molar-refractivity contribution in [2.75, 3.05) is 19.5 Å². The van der Waals surface area contributed by atoms with E-state index in [1.165, 1.54) is 11.8 Å². The molecular weight excluding hydrogens is 328 g/mol. The van der Waals surface area contributed by atoms with Crippen LogP contribution in [0.2, 0.25) is 0 Å². The van der Waals surface area contributed by atoms with Crippen molar-refractivity contribution in [3.63, 3.8) is 0 Å². The van der Waals surface area contributed by atoms with Crippen molar-refractivity contribution in [3.8, 4) is 11.8 Å². The summed E-state index contributed by atoms with van der Waals surface area (Å²) in [4.78, 5) is 24.4. The van der Waals surface area contributed by atoms with Crippen LogP contribution >= 0.6 is 11.8 Å². The highest BCUT2D eigenvalue weighted by atomic mass is 32.2. The molecule has 0 radical (unpaired) electrons. The van der Waals surface area contributed by atoms with Gasteiger partial charge in [-0.3, -0.25) is 9.59 Å². The highest BCUT2D eigenvalue weighted by molar-refractivity contribution is 8.00. The van der Waals surface area contributed by atoms with E-state index in [0.717, 1.165) is 10.6 Å². The zero-order chi connectivity index (χ0) is 18.2. The number of esters is 1. The summed E-state index contributed by atoms with van der Waals surface area (Å²) in [5, 5.41) is 11.7. The molecule has 0 aliphatic rings. The first kappa shape index (κ1) is 19.8. The zero-order valence-corrected chi connectivity index (χ0v) is 15.1. The molecule has 24 heavy (non-hydrogen) atoms. The number of nitriles is 1. The van der Waals surface area contributed by atoms with Gasteiger partial charge in [-0.2, -0.15) is 5.26 Å². The molecule has 130 valence electrons. The van der Waals surface area contributed by atoms with E-state index >= 15 is 0 Å². The van der Waals surface area contributed by atoms with Crippen molar-refractivity contribution >= 4 is 23.6 Å².